The van der Waals surface area contributed by atoms with Gasteiger partial charge in [0.1, 0.15) is 11.6 Å². The van der Waals surface area contributed by atoms with Crippen LogP contribution in [0.3, 0.4) is 0 Å². The fraction of sp³-hybridized carbons (Fsp3) is 0.167. The number of nitrogens with zero attached hydrogens (tertiary/aromatic N) is 3. The Labute approximate surface area is 98.3 Å². The predicted molar refractivity (Wildman–Crippen MR) is 67.4 cm³/mol. The first-order chi connectivity index (χ1) is 8.16. The number of fused-ring (bicyclic) bond motifs is 1. The Balaban J connectivity index is 2.24. The average Bonchev–Trinajstić information content (AvgIpc) is 2.84. The zero-order valence-electron chi connectivity index (χ0n) is 9.73. The first-order valence-electron chi connectivity index (χ1n) is 5.39. The molecule has 0 aliphatic heterocycles. The molecule has 0 unspecified atom stereocenters. The van der Waals surface area contributed by atoms with Crippen LogP contribution in [0, 0.1) is 6.92 Å². The summed E-state index contributed by atoms with van der Waals surface area (Å²) in [7, 11) is 2.01. The molecule has 1 aromatic carbocycles. The standard InChI is InChI=1S/C12H13N5/c1-7-15-10-5-8(3-4-11(10)17(7)2)9-6-14-16-12(9)13/h3-6H,1-2H3,(H3,13,14,16). The van der Waals surface area contributed by atoms with E-state index in [1.807, 2.05) is 26.1 Å². The third-order valence-corrected chi connectivity index (χ3v) is 3.08. The van der Waals surface area contributed by atoms with Crippen molar-refractivity contribution in [3.8, 4) is 11.1 Å². The zero-order valence-corrected chi connectivity index (χ0v) is 9.73. The van der Waals surface area contributed by atoms with Crippen LogP contribution in [-0.4, -0.2) is 19.7 Å². The number of hydrogen-bond donors (Lipinski definition) is 2. The van der Waals surface area contributed by atoms with E-state index >= 15 is 0 Å². The van der Waals surface area contributed by atoms with Gasteiger partial charge in [-0.15, -0.1) is 0 Å². The maximum absolute atomic E-state index is 5.81. The highest BCUT2D eigenvalue weighted by Crippen LogP contribution is 2.27. The number of aryl methyl sites for hydroxylation is 2. The van der Waals surface area contributed by atoms with Crippen LogP contribution in [0.5, 0.6) is 0 Å². The molecule has 0 aliphatic carbocycles. The lowest BCUT2D eigenvalue weighted by Gasteiger charge is -2.00. The van der Waals surface area contributed by atoms with E-state index in [-0.39, 0.29) is 0 Å². The van der Waals surface area contributed by atoms with E-state index in [9.17, 15) is 0 Å². The number of rotatable bonds is 1. The second-order valence-corrected chi connectivity index (χ2v) is 4.12. The van der Waals surface area contributed by atoms with Crippen molar-refractivity contribution in [2.75, 3.05) is 5.73 Å². The summed E-state index contributed by atoms with van der Waals surface area (Å²) in [5, 5.41) is 6.66. The Morgan fingerprint density at radius 3 is 2.88 bits per heavy atom. The lowest BCUT2D eigenvalue weighted by atomic mass is 10.1. The number of aromatic amines is 1. The molecule has 0 amide bonds. The molecular formula is C12H13N5. The number of aromatic nitrogens is 4. The summed E-state index contributed by atoms with van der Waals surface area (Å²) in [5.74, 6) is 1.58. The molecule has 0 radical (unpaired) electrons. The van der Waals surface area contributed by atoms with Crippen molar-refractivity contribution in [3.05, 3.63) is 30.2 Å². The van der Waals surface area contributed by atoms with Crippen molar-refractivity contribution in [1.29, 1.82) is 0 Å². The summed E-state index contributed by atoms with van der Waals surface area (Å²) in [5.41, 5.74) is 9.84. The summed E-state index contributed by atoms with van der Waals surface area (Å²) in [6.45, 7) is 1.99. The van der Waals surface area contributed by atoms with E-state index in [4.69, 9.17) is 5.73 Å². The molecule has 3 aromatic rings. The van der Waals surface area contributed by atoms with Crippen molar-refractivity contribution >= 4 is 16.9 Å². The van der Waals surface area contributed by atoms with Gasteiger partial charge in [0.15, 0.2) is 0 Å². The van der Waals surface area contributed by atoms with Gasteiger partial charge in [-0.1, -0.05) is 6.07 Å². The number of H-pyrrole nitrogens is 1. The maximum atomic E-state index is 5.81. The van der Waals surface area contributed by atoms with Crippen LogP contribution in [0.2, 0.25) is 0 Å². The first kappa shape index (κ1) is 9.89. The Morgan fingerprint density at radius 1 is 1.35 bits per heavy atom. The monoisotopic (exact) mass is 227 g/mol. The summed E-state index contributed by atoms with van der Waals surface area (Å²) in [6.07, 6.45) is 1.73. The van der Waals surface area contributed by atoms with Crippen LogP contribution in [0.1, 0.15) is 5.82 Å². The lowest BCUT2D eigenvalue weighted by Crippen LogP contribution is -1.90. The van der Waals surface area contributed by atoms with Gasteiger partial charge in [0.25, 0.3) is 0 Å². The molecule has 5 nitrogen and oxygen atoms in total. The Kier molecular flexibility index (Phi) is 1.95. The minimum atomic E-state index is 0.581. The maximum Gasteiger partial charge on any atom is 0.126 e. The van der Waals surface area contributed by atoms with Gasteiger partial charge < -0.3 is 10.3 Å². The Hall–Kier alpha value is -2.30. The quantitative estimate of drug-likeness (QED) is 0.666. The molecular weight excluding hydrogens is 214 g/mol. The van der Waals surface area contributed by atoms with Crippen molar-refractivity contribution < 1.29 is 0 Å². The third kappa shape index (κ3) is 1.39. The van der Waals surface area contributed by atoms with E-state index < -0.39 is 0 Å². The highest BCUT2D eigenvalue weighted by Gasteiger charge is 2.08. The van der Waals surface area contributed by atoms with Crippen LogP contribution in [0.15, 0.2) is 24.4 Å². The molecule has 17 heavy (non-hydrogen) atoms. The van der Waals surface area contributed by atoms with Crippen molar-refractivity contribution in [1.82, 2.24) is 19.7 Å². The van der Waals surface area contributed by atoms with E-state index in [0.29, 0.717) is 5.82 Å². The van der Waals surface area contributed by atoms with Gasteiger partial charge in [-0.3, -0.25) is 5.10 Å². The molecule has 2 aromatic heterocycles. The van der Waals surface area contributed by atoms with Crippen molar-refractivity contribution in [2.24, 2.45) is 7.05 Å². The van der Waals surface area contributed by atoms with Crippen LogP contribution in [0.4, 0.5) is 5.82 Å². The molecule has 3 N–H and O–H groups in total. The summed E-state index contributed by atoms with van der Waals surface area (Å²) in [4.78, 5) is 4.50. The molecule has 0 fully saturated rings. The topological polar surface area (TPSA) is 72.5 Å². The van der Waals surface area contributed by atoms with E-state index in [0.717, 1.165) is 28.0 Å². The second kappa shape index (κ2) is 3.35. The molecule has 2 heterocycles. The van der Waals surface area contributed by atoms with Crippen LogP contribution in [-0.2, 0) is 7.05 Å². The highest BCUT2D eigenvalue weighted by molar-refractivity contribution is 5.84. The second-order valence-electron chi connectivity index (χ2n) is 4.12. The van der Waals surface area contributed by atoms with Gasteiger partial charge in [0, 0.05) is 12.6 Å². The van der Waals surface area contributed by atoms with Crippen LogP contribution < -0.4 is 5.73 Å². The van der Waals surface area contributed by atoms with Gasteiger partial charge in [0.2, 0.25) is 0 Å². The minimum absolute atomic E-state index is 0.581. The molecule has 5 heteroatoms. The number of nitrogens with one attached hydrogen (secondary N) is 1. The van der Waals surface area contributed by atoms with Gasteiger partial charge >= 0.3 is 0 Å². The van der Waals surface area contributed by atoms with Crippen LogP contribution in [0.25, 0.3) is 22.2 Å². The Bertz CT molecular complexity index is 692. The fourth-order valence-electron chi connectivity index (χ4n) is 2.01. The number of anilines is 1. The number of nitrogen functional groups attached to an aromatic ring is 1. The molecule has 0 aliphatic rings. The molecule has 0 saturated heterocycles. The predicted octanol–water partition coefficient (Wildman–Crippen LogP) is 1.85. The van der Waals surface area contributed by atoms with Crippen LogP contribution >= 0.6 is 0 Å². The number of hydrogen-bond acceptors (Lipinski definition) is 3. The van der Waals surface area contributed by atoms with Gasteiger partial charge in [-0.25, -0.2) is 4.98 Å². The van der Waals surface area contributed by atoms with Crippen molar-refractivity contribution in [2.45, 2.75) is 6.92 Å². The fourth-order valence-corrected chi connectivity index (χ4v) is 2.01. The van der Waals surface area contributed by atoms with Gasteiger partial charge in [0.05, 0.1) is 17.2 Å². The number of imidazole rings is 1. The summed E-state index contributed by atoms with van der Waals surface area (Å²) >= 11 is 0. The largest absolute Gasteiger partial charge is 0.384 e. The van der Waals surface area contributed by atoms with Gasteiger partial charge in [-0.2, -0.15) is 5.10 Å². The molecule has 0 saturated carbocycles. The lowest BCUT2D eigenvalue weighted by molar-refractivity contribution is 0.886. The smallest absolute Gasteiger partial charge is 0.126 e. The molecule has 0 spiro atoms. The first-order valence-corrected chi connectivity index (χ1v) is 5.39. The Morgan fingerprint density at radius 2 is 2.18 bits per heavy atom. The number of nitrogens with two attached hydrogens (primary N) is 1. The zero-order chi connectivity index (χ0) is 12.0. The SMILES string of the molecule is Cc1nc2cc(-c3cn[nH]c3N)ccc2n1C. The molecule has 0 bridgehead atoms. The van der Waals surface area contributed by atoms with Crippen molar-refractivity contribution in [3.63, 3.8) is 0 Å². The number of benzene rings is 1. The highest BCUT2D eigenvalue weighted by atomic mass is 15.1. The minimum Gasteiger partial charge on any atom is -0.384 e. The molecule has 3 rings (SSSR count). The van der Waals surface area contributed by atoms with E-state index in [1.54, 1.807) is 6.20 Å². The normalized spacial score (nSPS) is 11.2. The van der Waals surface area contributed by atoms with E-state index in [1.165, 1.54) is 0 Å². The van der Waals surface area contributed by atoms with Gasteiger partial charge in [-0.05, 0) is 24.6 Å². The molecule has 86 valence electrons. The summed E-state index contributed by atoms with van der Waals surface area (Å²) < 4.78 is 2.07. The van der Waals surface area contributed by atoms with E-state index in [2.05, 4.69) is 25.8 Å². The average molecular weight is 227 g/mol. The third-order valence-electron chi connectivity index (χ3n) is 3.08. The summed E-state index contributed by atoms with van der Waals surface area (Å²) in [6, 6.07) is 6.12. The molecule has 0 atom stereocenters.